The van der Waals surface area contributed by atoms with Crippen molar-refractivity contribution >= 4 is 0 Å². The first-order chi connectivity index (χ1) is 4.18. The number of nitriles is 1. The van der Waals surface area contributed by atoms with Crippen LogP contribution in [0.3, 0.4) is 0 Å². The van der Waals surface area contributed by atoms with Gasteiger partial charge >= 0.3 is 0 Å². The van der Waals surface area contributed by atoms with E-state index >= 15 is 0 Å². The van der Waals surface area contributed by atoms with Crippen molar-refractivity contribution in [3.8, 4) is 6.07 Å². The van der Waals surface area contributed by atoms with Crippen molar-refractivity contribution in [2.45, 2.75) is 6.92 Å². The summed E-state index contributed by atoms with van der Waals surface area (Å²) in [6.45, 7) is 1.37. The average molecular weight is 127 g/mol. The summed E-state index contributed by atoms with van der Waals surface area (Å²) in [5, 5.41) is 8.10. The second-order valence-electron chi connectivity index (χ2n) is 1.74. The molecular weight excluding hydrogens is 124 g/mol. The summed E-state index contributed by atoms with van der Waals surface area (Å²) in [6, 6.07) is 1.54. The molecule has 1 aliphatic carbocycles. The van der Waals surface area contributed by atoms with Crippen molar-refractivity contribution in [2.24, 2.45) is 0 Å². The van der Waals surface area contributed by atoms with E-state index in [0.717, 1.165) is 0 Å². The highest BCUT2D eigenvalue weighted by molar-refractivity contribution is 5.59. The molecule has 0 N–H and O–H groups in total. The highest BCUT2D eigenvalue weighted by atomic mass is 19.2. The van der Waals surface area contributed by atoms with Gasteiger partial charge in [-0.15, -0.1) is 0 Å². The van der Waals surface area contributed by atoms with E-state index in [4.69, 9.17) is 5.26 Å². The lowest BCUT2D eigenvalue weighted by Gasteiger charge is -2.10. The highest BCUT2D eigenvalue weighted by Crippen LogP contribution is 2.35. The Balaban J connectivity index is 2.96. The Hall–Kier alpha value is -1.17. The van der Waals surface area contributed by atoms with Gasteiger partial charge in [0.15, 0.2) is 11.7 Å². The van der Waals surface area contributed by atoms with Gasteiger partial charge in [-0.05, 0) is 6.92 Å². The summed E-state index contributed by atoms with van der Waals surface area (Å²) in [4.78, 5) is 0. The Kier molecular flexibility index (Phi) is 1.10. The first kappa shape index (κ1) is 5.96. The van der Waals surface area contributed by atoms with E-state index in [1.807, 2.05) is 0 Å². The summed E-state index contributed by atoms with van der Waals surface area (Å²) in [5.41, 5.74) is -0.0394. The molecule has 0 aromatic rings. The number of allylic oxidation sites excluding steroid dienone is 4. The van der Waals surface area contributed by atoms with E-state index in [2.05, 4.69) is 0 Å². The van der Waals surface area contributed by atoms with Crippen molar-refractivity contribution in [3.63, 3.8) is 0 Å². The molecular formula is C6H3F2N. The van der Waals surface area contributed by atoms with Crippen LogP contribution < -0.4 is 0 Å². The quantitative estimate of drug-likeness (QED) is 0.488. The Morgan fingerprint density at radius 1 is 1.33 bits per heavy atom. The maximum atomic E-state index is 12.1. The van der Waals surface area contributed by atoms with Crippen molar-refractivity contribution in [3.05, 3.63) is 22.8 Å². The minimum Gasteiger partial charge on any atom is -0.203 e. The topological polar surface area (TPSA) is 23.8 Å². The van der Waals surface area contributed by atoms with Gasteiger partial charge < -0.3 is 0 Å². The molecule has 0 heterocycles. The van der Waals surface area contributed by atoms with E-state index in [0.29, 0.717) is 0 Å². The standard InChI is InChI=1S/C6H3F2N/c1-3-4(2-9)6(8)5(3)7/h1H3. The lowest BCUT2D eigenvalue weighted by molar-refractivity contribution is 0.514. The third kappa shape index (κ3) is 0.563. The molecule has 0 atom stereocenters. The lowest BCUT2D eigenvalue weighted by Crippen LogP contribution is -2.01. The van der Waals surface area contributed by atoms with E-state index < -0.39 is 11.7 Å². The molecule has 1 nitrogen and oxygen atoms in total. The number of halogens is 2. The van der Waals surface area contributed by atoms with Crippen molar-refractivity contribution in [1.82, 2.24) is 0 Å². The normalized spacial score (nSPS) is 17.6. The molecule has 0 aromatic carbocycles. The smallest absolute Gasteiger partial charge is 0.177 e. The summed E-state index contributed by atoms with van der Waals surface area (Å²) in [7, 11) is 0. The monoisotopic (exact) mass is 127 g/mol. The Bertz CT molecular complexity index is 255. The summed E-state index contributed by atoms with van der Waals surface area (Å²) in [5.74, 6) is -1.89. The maximum absolute atomic E-state index is 12.1. The fraction of sp³-hybridized carbons (Fsp3) is 0.167. The van der Waals surface area contributed by atoms with Crippen LogP contribution >= 0.6 is 0 Å². The molecule has 0 amide bonds. The highest BCUT2D eigenvalue weighted by Gasteiger charge is 2.26. The zero-order valence-electron chi connectivity index (χ0n) is 4.70. The van der Waals surface area contributed by atoms with Crippen LogP contribution in [0, 0.1) is 11.3 Å². The van der Waals surface area contributed by atoms with Crippen LogP contribution in [0.25, 0.3) is 0 Å². The van der Waals surface area contributed by atoms with E-state index in [1.54, 1.807) is 0 Å². The molecule has 0 saturated heterocycles. The first-order valence-electron chi connectivity index (χ1n) is 2.35. The minimum absolute atomic E-state index is 0.120. The molecule has 3 heteroatoms. The predicted molar refractivity (Wildman–Crippen MR) is 27.6 cm³/mol. The number of nitrogens with zero attached hydrogens (tertiary/aromatic N) is 1. The SMILES string of the molecule is CC1=C(F)C(F)=C1C#N. The second kappa shape index (κ2) is 1.66. The van der Waals surface area contributed by atoms with Gasteiger partial charge in [-0.25, -0.2) is 8.78 Å². The molecule has 0 saturated carbocycles. The maximum Gasteiger partial charge on any atom is 0.177 e. The summed E-state index contributed by atoms with van der Waals surface area (Å²) >= 11 is 0. The summed E-state index contributed by atoms with van der Waals surface area (Å²) in [6.07, 6.45) is 0. The van der Waals surface area contributed by atoms with Crippen molar-refractivity contribution in [1.29, 1.82) is 5.26 Å². The molecule has 46 valence electrons. The minimum atomic E-state index is -1.00. The molecule has 0 radical (unpaired) electrons. The van der Waals surface area contributed by atoms with E-state index in [9.17, 15) is 8.78 Å². The van der Waals surface area contributed by atoms with E-state index in [-0.39, 0.29) is 11.1 Å². The molecule has 0 spiro atoms. The van der Waals surface area contributed by atoms with Gasteiger partial charge in [0.25, 0.3) is 0 Å². The molecule has 0 aromatic heterocycles. The first-order valence-corrected chi connectivity index (χ1v) is 2.35. The molecule has 0 bridgehead atoms. The van der Waals surface area contributed by atoms with Gasteiger partial charge in [0.2, 0.25) is 0 Å². The lowest BCUT2D eigenvalue weighted by atomic mass is 9.97. The zero-order chi connectivity index (χ0) is 7.02. The molecule has 0 unspecified atom stereocenters. The molecule has 9 heavy (non-hydrogen) atoms. The third-order valence-corrected chi connectivity index (χ3v) is 1.23. The Morgan fingerprint density at radius 2 is 1.89 bits per heavy atom. The number of hydrogen-bond acceptors (Lipinski definition) is 1. The van der Waals surface area contributed by atoms with Crippen molar-refractivity contribution in [2.75, 3.05) is 0 Å². The number of rotatable bonds is 0. The summed E-state index contributed by atoms with van der Waals surface area (Å²) < 4.78 is 24.1. The van der Waals surface area contributed by atoms with E-state index in [1.165, 1.54) is 13.0 Å². The van der Waals surface area contributed by atoms with Gasteiger partial charge in [0.05, 0.1) is 5.57 Å². The van der Waals surface area contributed by atoms with Crippen LogP contribution in [0.15, 0.2) is 22.8 Å². The molecule has 0 aliphatic heterocycles. The van der Waals surface area contributed by atoms with Gasteiger partial charge in [-0.2, -0.15) is 5.26 Å². The molecule has 1 rings (SSSR count). The van der Waals surface area contributed by atoms with Crippen LogP contribution in [0.4, 0.5) is 8.78 Å². The zero-order valence-corrected chi connectivity index (χ0v) is 4.70. The Labute approximate surface area is 50.9 Å². The Morgan fingerprint density at radius 3 is 2.11 bits per heavy atom. The van der Waals surface area contributed by atoms with Gasteiger partial charge in [0, 0.05) is 5.57 Å². The van der Waals surface area contributed by atoms with Crippen molar-refractivity contribution < 1.29 is 8.78 Å². The van der Waals surface area contributed by atoms with Crippen LogP contribution in [-0.4, -0.2) is 0 Å². The number of hydrogen-bond donors (Lipinski definition) is 0. The molecule has 0 fully saturated rings. The molecule has 1 aliphatic rings. The van der Waals surface area contributed by atoms with Gasteiger partial charge in [0.1, 0.15) is 6.07 Å². The van der Waals surface area contributed by atoms with Crippen LogP contribution in [0.1, 0.15) is 6.92 Å². The van der Waals surface area contributed by atoms with Crippen LogP contribution in [0.2, 0.25) is 0 Å². The average Bonchev–Trinajstić information content (AvgIpc) is 1.89. The van der Waals surface area contributed by atoms with Gasteiger partial charge in [-0.1, -0.05) is 0 Å². The predicted octanol–water partition coefficient (Wildman–Crippen LogP) is 1.99. The van der Waals surface area contributed by atoms with Crippen LogP contribution in [0.5, 0.6) is 0 Å². The third-order valence-electron chi connectivity index (χ3n) is 1.23. The fourth-order valence-electron chi connectivity index (χ4n) is 0.619. The fourth-order valence-corrected chi connectivity index (χ4v) is 0.619. The van der Waals surface area contributed by atoms with Crippen LogP contribution in [-0.2, 0) is 0 Å². The van der Waals surface area contributed by atoms with Gasteiger partial charge in [-0.3, -0.25) is 0 Å². The largest absolute Gasteiger partial charge is 0.203 e. The second-order valence-corrected chi connectivity index (χ2v) is 1.74.